The van der Waals surface area contributed by atoms with Gasteiger partial charge in [0.1, 0.15) is 0 Å². The highest BCUT2D eigenvalue weighted by Crippen LogP contribution is 2.03. The lowest BCUT2D eigenvalue weighted by Gasteiger charge is -2.08. The molecule has 0 radical (unpaired) electrons. The molecular formula is C8H12N4O2. The van der Waals surface area contributed by atoms with Crippen molar-refractivity contribution in [1.29, 1.82) is 0 Å². The van der Waals surface area contributed by atoms with Crippen LogP contribution in [-0.4, -0.2) is 47.1 Å². The van der Waals surface area contributed by atoms with E-state index in [9.17, 15) is 4.79 Å². The van der Waals surface area contributed by atoms with E-state index in [4.69, 9.17) is 0 Å². The summed E-state index contributed by atoms with van der Waals surface area (Å²) in [6, 6.07) is 0. The molecule has 6 nitrogen and oxygen atoms in total. The largest absolute Gasteiger partial charge is 0.464 e. The van der Waals surface area contributed by atoms with Crippen molar-refractivity contribution in [1.82, 2.24) is 19.9 Å². The standard InChI is InChI=1S/C8H12N4O2/c1-11(2)6-7(8(13)14-3)12-9-4-5-10-12/h4-6H,1-3H3. The first-order valence-corrected chi connectivity index (χ1v) is 3.98. The summed E-state index contributed by atoms with van der Waals surface area (Å²) < 4.78 is 4.60. The normalized spacial score (nSPS) is 11.2. The number of carbonyl (C=O) groups excluding carboxylic acids is 1. The summed E-state index contributed by atoms with van der Waals surface area (Å²) in [5.41, 5.74) is 0.266. The van der Waals surface area contributed by atoms with Crippen LogP contribution in [0.25, 0.3) is 5.70 Å². The second kappa shape index (κ2) is 4.40. The van der Waals surface area contributed by atoms with E-state index >= 15 is 0 Å². The van der Waals surface area contributed by atoms with Gasteiger partial charge < -0.3 is 9.64 Å². The van der Waals surface area contributed by atoms with Gasteiger partial charge in [-0.15, -0.1) is 4.80 Å². The van der Waals surface area contributed by atoms with Crippen LogP contribution in [0.4, 0.5) is 0 Å². The maximum atomic E-state index is 11.3. The van der Waals surface area contributed by atoms with Crippen molar-refractivity contribution in [2.75, 3.05) is 21.2 Å². The molecule has 1 heterocycles. The highest BCUT2D eigenvalue weighted by Gasteiger charge is 2.13. The van der Waals surface area contributed by atoms with E-state index in [0.717, 1.165) is 0 Å². The van der Waals surface area contributed by atoms with Crippen LogP contribution in [0.2, 0.25) is 0 Å². The molecule has 0 aliphatic carbocycles. The zero-order valence-corrected chi connectivity index (χ0v) is 8.34. The van der Waals surface area contributed by atoms with Crippen molar-refractivity contribution in [3.8, 4) is 0 Å². The minimum atomic E-state index is -0.477. The number of aromatic nitrogens is 3. The van der Waals surface area contributed by atoms with Crippen LogP contribution in [0.1, 0.15) is 0 Å². The van der Waals surface area contributed by atoms with Gasteiger partial charge >= 0.3 is 5.97 Å². The Morgan fingerprint density at radius 3 is 2.43 bits per heavy atom. The minimum absolute atomic E-state index is 0.266. The average Bonchev–Trinajstić information content (AvgIpc) is 2.65. The maximum absolute atomic E-state index is 11.3. The first-order chi connectivity index (χ1) is 6.65. The quantitative estimate of drug-likeness (QED) is 0.495. The molecule has 0 unspecified atom stereocenters. The number of hydrogen-bond donors (Lipinski definition) is 0. The van der Waals surface area contributed by atoms with Crippen LogP contribution in [0.3, 0.4) is 0 Å². The molecule has 0 aliphatic rings. The molecular weight excluding hydrogens is 184 g/mol. The molecule has 76 valence electrons. The maximum Gasteiger partial charge on any atom is 0.360 e. The van der Waals surface area contributed by atoms with Gasteiger partial charge in [-0.05, 0) is 0 Å². The molecule has 1 rings (SSSR count). The predicted octanol–water partition coefficient (Wildman–Crippen LogP) is -0.189. The van der Waals surface area contributed by atoms with Gasteiger partial charge in [-0.2, -0.15) is 10.2 Å². The lowest BCUT2D eigenvalue weighted by molar-refractivity contribution is -0.134. The van der Waals surface area contributed by atoms with E-state index in [1.165, 1.54) is 24.3 Å². The van der Waals surface area contributed by atoms with Gasteiger partial charge in [-0.1, -0.05) is 0 Å². The minimum Gasteiger partial charge on any atom is -0.464 e. The SMILES string of the molecule is COC(=O)C(=CN(C)C)n1nccn1. The second-order valence-electron chi connectivity index (χ2n) is 2.79. The van der Waals surface area contributed by atoms with Crippen LogP contribution in [-0.2, 0) is 9.53 Å². The van der Waals surface area contributed by atoms with E-state index in [2.05, 4.69) is 14.9 Å². The van der Waals surface area contributed by atoms with Gasteiger partial charge in [0.15, 0.2) is 5.70 Å². The smallest absolute Gasteiger partial charge is 0.360 e. The second-order valence-corrected chi connectivity index (χ2v) is 2.79. The summed E-state index contributed by atoms with van der Waals surface area (Å²) in [6.45, 7) is 0. The fourth-order valence-corrected chi connectivity index (χ4v) is 0.875. The number of methoxy groups -OCH3 is 1. The summed E-state index contributed by atoms with van der Waals surface area (Å²) in [7, 11) is 4.91. The van der Waals surface area contributed by atoms with E-state index in [1.54, 1.807) is 25.2 Å². The molecule has 0 aromatic carbocycles. The Kier molecular flexibility index (Phi) is 3.22. The van der Waals surface area contributed by atoms with Crippen molar-refractivity contribution in [3.05, 3.63) is 18.6 Å². The molecule has 0 bridgehead atoms. The number of carbonyl (C=O) groups is 1. The van der Waals surface area contributed by atoms with Crippen molar-refractivity contribution in [3.63, 3.8) is 0 Å². The lowest BCUT2D eigenvalue weighted by atomic mass is 10.5. The van der Waals surface area contributed by atoms with Crippen molar-refractivity contribution in [2.24, 2.45) is 0 Å². The summed E-state index contributed by atoms with van der Waals surface area (Å²) in [6.07, 6.45) is 4.57. The number of rotatable bonds is 3. The Labute approximate surface area is 81.8 Å². The van der Waals surface area contributed by atoms with E-state index < -0.39 is 5.97 Å². The third kappa shape index (κ3) is 2.32. The Balaban J connectivity index is 3.00. The highest BCUT2D eigenvalue weighted by molar-refractivity contribution is 6.09. The van der Waals surface area contributed by atoms with Crippen LogP contribution in [0.15, 0.2) is 18.6 Å². The van der Waals surface area contributed by atoms with E-state index in [0.29, 0.717) is 0 Å². The topological polar surface area (TPSA) is 60.2 Å². The molecule has 0 spiro atoms. The molecule has 0 fully saturated rings. The highest BCUT2D eigenvalue weighted by atomic mass is 16.5. The number of nitrogens with zero attached hydrogens (tertiary/aromatic N) is 4. The summed E-state index contributed by atoms with van der Waals surface area (Å²) in [4.78, 5) is 14.3. The van der Waals surface area contributed by atoms with Gasteiger partial charge in [0.25, 0.3) is 0 Å². The lowest BCUT2D eigenvalue weighted by Crippen LogP contribution is -2.16. The molecule has 0 aliphatic heterocycles. The zero-order chi connectivity index (χ0) is 10.6. The van der Waals surface area contributed by atoms with Gasteiger partial charge in [0, 0.05) is 20.3 Å². The van der Waals surface area contributed by atoms with Gasteiger partial charge in [-0.3, -0.25) is 0 Å². The Bertz CT molecular complexity index is 329. The van der Waals surface area contributed by atoms with Crippen molar-refractivity contribution < 1.29 is 9.53 Å². The molecule has 14 heavy (non-hydrogen) atoms. The fraction of sp³-hybridized carbons (Fsp3) is 0.375. The molecule has 0 saturated carbocycles. The third-order valence-electron chi connectivity index (χ3n) is 1.41. The Hall–Kier alpha value is -1.85. The summed E-state index contributed by atoms with van der Waals surface area (Å²) in [5, 5.41) is 7.70. The Morgan fingerprint density at radius 2 is 2.00 bits per heavy atom. The first-order valence-electron chi connectivity index (χ1n) is 3.98. The number of hydrogen-bond acceptors (Lipinski definition) is 5. The van der Waals surface area contributed by atoms with Gasteiger partial charge in [-0.25, -0.2) is 4.79 Å². The molecule has 0 atom stereocenters. The fourth-order valence-electron chi connectivity index (χ4n) is 0.875. The molecule has 1 aromatic heterocycles. The zero-order valence-electron chi connectivity index (χ0n) is 8.34. The van der Waals surface area contributed by atoms with E-state index in [-0.39, 0.29) is 5.70 Å². The molecule has 0 N–H and O–H groups in total. The summed E-state index contributed by atoms with van der Waals surface area (Å²) >= 11 is 0. The number of esters is 1. The van der Waals surface area contributed by atoms with Crippen LogP contribution in [0.5, 0.6) is 0 Å². The molecule has 6 heteroatoms. The molecule has 1 aromatic rings. The average molecular weight is 196 g/mol. The van der Waals surface area contributed by atoms with Gasteiger partial charge in [0.05, 0.1) is 19.5 Å². The van der Waals surface area contributed by atoms with Crippen molar-refractivity contribution in [2.45, 2.75) is 0 Å². The van der Waals surface area contributed by atoms with Crippen LogP contribution >= 0.6 is 0 Å². The van der Waals surface area contributed by atoms with Crippen LogP contribution < -0.4 is 0 Å². The Morgan fingerprint density at radius 1 is 1.43 bits per heavy atom. The predicted molar refractivity (Wildman–Crippen MR) is 50.0 cm³/mol. The van der Waals surface area contributed by atoms with Gasteiger partial charge in [0.2, 0.25) is 0 Å². The van der Waals surface area contributed by atoms with Crippen molar-refractivity contribution >= 4 is 11.7 Å². The number of ether oxygens (including phenoxy) is 1. The first kappa shape index (κ1) is 10.2. The summed E-state index contributed by atoms with van der Waals surface area (Å²) in [5.74, 6) is -0.477. The molecule has 0 amide bonds. The molecule has 0 saturated heterocycles. The van der Waals surface area contributed by atoms with E-state index in [1.807, 2.05) is 0 Å². The third-order valence-corrected chi connectivity index (χ3v) is 1.41. The van der Waals surface area contributed by atoms with Crippen LogP contribution in [0, 0.1) is 0 Å². The monoisotopic (exact) mass is 196 g/mol.